The van der Waals surface area contributed by atoms with E-state index in [0.717, 1.165) is 42.0 Å². The van der Waals surface area contributed by atoms with Crippen LogP contribution >= 0.6 is 22.9 Å². The van der Waals surface area contributed by atoms with Gasteiger partial charge in [-0.2, -0.15) is 0 Å². The van der Waals surface area contributed by atoms with Crippen molar-refractivity contribution in [2.24, 2.45) is 0 Å². The van der Waals surface area contributed by atoms with Gasteiger partial charge in [0.2, 0.25) is 0 Å². The molecule has 1 aromatic heterocycles. The fraction of sp³-hybridized carbons (Fsp3) is 0.286. The summed E-state index contributed by atoms with van der Waals surface area (Å²) in [6.45, 7) is 3.80. The summed E-state index contributed by atoms with van der Waals surface area (Å²) in [6, 6.07) is 13.8. The molecule has 0 spiro atoms. The van der Waals surface area contributed by atoms with E-state index < -0.39 is 0 Å². The van der Waals surface area contributed by atoms with E-state index >= 15 is 0 Å². The number of carbonyl (C=O) groups is 1. The number of ether oxygens (including phenoxy) is 2. The van der Waals surface area contributed by atoms with Crippen LogP contribution < -0.4 is 15.0 Å². The molecule has 4 rings (SSSR count). The fourth-order valence-electron chi connectivity index (χ4n) is 3.31. The van der Waals surface area contributed by atoms with Crippen LogP contribution in [-0.2, 0) is 11.3 Å². The Morgan fingerprint density at radius 3 is 2.68 bits per heavy atom. The highest BCUT2D eigenvalue weighted by molar-refractivity contribution is 7.21. The zero-order valence-corrected chi connectivity index (χ0v) is 17.1. The minimum atomic E-state index is -0.147. The number of anilines is 1. The molecular formula is C21H21ClN2O3S. The quantitative estimate of drug-likeness (QED) is 0.672. The van der Waals surface area contributed by atoms with Crippen molar-refractivity contribution in [1.82, 2.24) is 5.32 Å². The third-order valence-electron chi connectivity index (χ3n) is 4.78. The first-order valence-electron chi connectivity index (χ1n) is 9.11. The van der Waals surface area contributed by atoms with Gasteiger partial charge >= 0.3 is 0 Å². The van der Waals surface area contributed by atoms with E-state index in [0.29, 0.717) is 22.2 Å². The number of halogens is 1. The van der Waals surface area contributed by atoms with Crippen molar-refractivity contribution in [3.05, 3.63) is 57.9 Å². The number of amides is 1. The van der Waals surface area contributed by atoms with Crippen LogP contribution in [0.1, 0.15) is 15.2 Å². The van der Waals surface area contributed by atoms with Crippen molar-refractivity contribution in [1.29, 1.82) is 0 Å². The lowest BCUT2D eigenvalue weighted by Gasteiger charge is -2.28. The zero-order valence-electron chi connectivity index (χ0n) is 15.5. The molecule has 1 aliphatic heterocycles. The summed E-state index contributed by atoms with van der Waals surface area (Å²) >= 11 is 7.49. The molecule has 1 saturated heterocycles. The fourth-order valence-corrected chi connectivity index (χ4v) is 4.55. The van der Waals surface area contributed by atoms with Gasteiger partial charge in [0.05, 0.1) is 20.3 Å². The monoisotopic (exact) mass is 416 g/mol. The van der Waals surface area contributed by atoms with Crippen LogP contribution in [0.5, 0.6) is 5.75 Å². The Morgan fingerprint density at radius 1 is 1.21 bits per heavy atom. The SMILES string of the molecule is COc1c(C(=O)NCc2ccc(N3CCOCC3)cc2)sc2ccc(Cl)cc12. The number of fused-ring (bicyclic) bond motifs is 1. The highest BCUT2D eigenvalue weighted by Crippen LogP contribution is 2.38. The Balaban J connectivity index is 1.45. The maximum atomic E-state index is 12.7. The van der Waals surface area contributed by atoms with E-state index in [2.05, 4.69) is 22.3 Å². The smallest absolute Gasteiger partial charge is 0.265 e. The van der Waals surface area contributed by atoms with Crippen LogP contribution in [0.3, 0.4) is 0 Å². The van der Waals surface area contributed by atoms with Gasteiger partial charge in [-0.1, -0.05) is 23.7 Å². The number of nitrogens with one attached hydrogen (secondary N) is 1. The molecule has 0 radical (unpaired) electrons. The Labute approximate surface area is 172 Å². The van der Waals surface area contributed by atoms with Crippen LogP contribution in [0.25, 0.3) is 10.1 Å². The molecule has 1 aliphatic rings. The highest BCUT2D eigenvalue weighted by atomic mass is 35.5. The van der Waals surface area contributed by atoms with Gasteiger partial charge in [-0.05, 0) is 35.9 Å². The molecule has 28 heavy (non-hydrogen) atoms. The number of carbonyl (C=O) groups excluding carboxylic acids is 1. The minimum Gasteiger partial charge on any atom is -0.494 e. The van der Waals surface area contributed by atoms with E-state index in [1.807, 2.05) is 30.3 Å². The molecule has 1 amide bonds. The molecule has 0 bridgehead atoms. The predicted octanol–water partition coefficient (Wildman–Crippen LogP) is 4.33. The van der Waals surface area contributed by atoms with Gasteiger partial charge in [-0.15, -0.1) is 11.3 Å². The Kier molecular flexibility index (Phi) is 5.71. The van der Waals surface area contributed by atoms with Crippen molar-refractivity contribution in [2.45, 2.75) is 6.54 Å². The summed E-state index contributed by atoms with van der Waals surface area (Å²) in [5, 5.41) is 4.47. The second kappa shape index (κ2) is 8.39. The first-order valence-corrected chi connectivity index (χ1v) is 10.3. The van der Waals surface area contributed by atoms with Crippen LogP contribution in [0.15, 0.2) is 42.5 Å². The maximum Gasteiger partial charge on any atom is 0.265 e. The van der Waals surface area contributed by atoms with E-state index in [9.17, 15) is 4.79 Å². The average molecular weight is 417 g/mol. The molecule has 0 aliphatic carbocycles. The van der Waals surface area contributed by atoms with E-state index in [-0.39, 0.29) is 5.91 Å². The number of hydrogen-bond donors (Lipinski definition) is 1. The number of thiophene rings is 1. The molecule has 7 heteroatoms. The van der Waals surface area contributed by atoms with E-state index in [1.165, 1.54) is 17.0 Å². The lowest BCUT2D eigenvalue weighted by Crippen LogP contribution is -2.36. The molecule has 0 saturated carbocycles. The van der Waals surface area contributed by atoms with E-state index in [4.69, 9.17) is 21.1 Å². The third kappa shape index (κ3) is 3.94. The summed E-state index contributed by atoms with van der Waals surface area (Å²) in [5.41, 5.74) is 2.23. The number of nitrogens with zero attached hydrogens (tertiary/aromatic N) is 1. The van der Waals surface area contributed by atoms with Crippen molar-refractivity contribution >= 4 is 44.6 Å². The maximum absolute atomic E-state index is 12.7. The molecule has 1 N–H and O–H groups in total. The third-order valence-corrected chi connectivity index (χ3v) is 6.17. The standard InChI is InChI=1S/C21H21ClN2O3S/c1-26-19-17-12-15(22)4-7-18(17)28-20(19)21(25)23-13-14-2-5-16(6-3-14)24-8-10-27-11-9-24/h2-7,12H,8-11,13H2,1H3,(H,23,25). The molecule has 146 valence electrons. The number of morpholine rings is 1. The lowest BCUT2D eigenvalue weighted by molar-refractivity contribution is 0.0952. The first kappa shape index (κ1) is 19.1. The zero-order chi connectivity index (χ0) is 19.5. The van der Waals surface area contributed by atoms with Crippen molar-refractivity contribution < 1.29 is 14.3 Å². The summed E-state index contributed by atoms with van der Waals surface area (Å²) < 4.78 is 11.9. The average Bonchev–Trinajstić information content (AvgIpc) is 3.11. The Morgan fingerprint density at radius 2 is 1.96 bits per heavy atom. The van der Waals surface area contributed by atoms with Gasteiger partial charge < -0.3 is 19.7 Å². The second-order valence-electron chi connectivity index (χ2n) is 6.55. The Hall–Kier alpha value is -2.28. The topological polar surface area (TPSA) is 50.8 Å². The van der Waals surface area contributed by atoms with E-state index in [1.54, 1.807) is 7.11 Å². The van der Waals surface area contributed by atoms with Gasteiger partial charge in [0.15, 0.2) is 0 Å². The normalized spacial score (nSPS) is 14.3. The molecule has 0 atom stereocenters. The summed E-state index contributed by atoms with van der Waals surface area (Å²) in [4.78, 5) is 15.6. The number of hydrogen-bond acceptors (Lipinski definition) is 5. The van der Waals surface area contributed by atoms with Gasteiger partial charge in [0, 0.05) is 40.4 Å². The second-order valence-corrected chi connectivity index (χ2v) is 8.04. The highest BCUT2D eigenvalue weighted by Gasteiger charge is 2.19. The van der Waals surface area contributed by atoms with Crippen LogP contribution in [0, 0.1) is 0 Å². The van der Waals surface area contributed by atoms with Gasteiger partial charge in [-0.3, -0.25) is 4.79 Å². The predicted molar refractivity (Wildman–Crippen MR) is 114 cm³/mol. The van der Waals surface area contributed by atoms with Gasteiger partial charge in [-0.25, -0.2) is 0 Å². The minimum absolute atomic E-state index is 0.147. The van der Waals surface area contributed by atoms with Crippen LogP contribution in [0.2, 0.25) is 5.02 Å². The van der Waals surface area contributed by atoms with Crippen LogP contribution in [-0.4, -0.2) is 39.3 Å². The Bertz CT molecular complexity index is 981. The molecule has 2 aromatic carbocycles. The summed E-state index contributed by atoms with van der Waals surface area (Å²) in [7, 11) is 1.57. The first-order chi connectivity index (χ1) is 13.7. The van der Waals surface area contributed by atoms with Crippen molar-refractivity contribution in [3.63, 3.8) is 0 Å². The molecule has 3 aromatic rings. The lowest BCUT2D eigenvalue weighted by atomic mass is 10.2. The number of rotatable bonds is 5. The summed E-state index contributed by atoms with van der Waals surface area (Å²) in [5.74, 6) is 0.425. The molecule has 2 heterocycles. The van der Waals surface area contributed by atoms with Gasteiger partial charge in [0.1, 0.15) is 10.6 Å². The number of methoxy groups -OCH3 is 1. The van der Waals surface area contributed by atoms with Crippen molar-refractivity contribution in [2.75, 3.05) is 38.3 Å². The van der Waals surface area contributed by atoms with Gasteiger partial charge in [0.25, 0.3) is 5.91 Å². The molecular weight excluding hydrogens is 396 g/mol. The molecule has 1 fully saturated rings. The molecule has 0 unspecified atom stereocenters. The largest absolute Gasteiger partial charge is 0.494 e. The van der Waals surface area contributed by atoms with Crippen molar-refractivity contribution in [3.8, 4) is 5.75 Å². The summed E-state index contributed by atoms with van der Waals surface area (Å²) in [6.07, 6.45) is 0. The number of benzene rings is 2. The molecule has 5 nitrogen and oxygen atoms in total. The van der Waals surface area contributed by atoms with Crippen LogP contribution in [0.4, 0.5) is 5.69 Å².